The molecule has 0 heterocycles. The van der Waals surface area contributed by atoms with E-state index in [0.717, 1.165) is 43.2 Å². The summed E-state index contributed by atoms with van der Waals surface area (Å²) in [7, 11) is 0. The Bertz CT molecular complexity index is 3090. The Morgan fingerprint density at radius 2 is 0.528 bits per heavy atom. The molecular weight excluding hydrogens is 871 g/mol. The summed E-state index contributed by atoms with van der Waals surface area (Å²) in [5, 5.41) is 0. The van der Waals surface area contributed by atoms with Crippen LogP contribution in [-0.2, 0) is 0 Å². The molecular formula is C69H65N3. The van der Waals surface area contributed by atoms with Gasteiger partial charge in [-0.3, -0.25) is 0 Å². The lowest BCUT2D eigenvalue weighted by Gasteiger charge is -2.26. The molecule has 3 heteroatoms. The summed E-state index contributed by atoms with van der Waals surface area (Å²) < 4.78 is 0. The van der Waals surface area contributed by atoms with Crippen LogP contribution in [-0.4, -0.2) is 26.2 Å². The first-order valence-corrected chi connectivity index (χ1v) is 25.6. The summed E-state index contributed by atoms with van der Waals surface area (Å²) >= 11 is 0. The highest BCUT2D eigenvalue weighted by Crippen LogP contribution is 2.38. The molecule has 9 rings (SSSR count). The molecule has 72 heavy (non-hydrogen) atoms. The molecule has 3 nitrogen and oxygen atoms in total. The molecule has 0 saturated carbocycles. The highest BCUT2D eigenvalue weighted by molar-refractivity contribution is 5.82. The summed E-state index contributed by atoms with van der Waals surface area (Å²) in [5.74, 6) is 0. The fourth-order valence-electron chi connectivity index (χ4n) is 9.40. The number of rotatable bonds is 18. The smallest absolute Gasteiger partial charge is 0.0462 e. The monoisotopic (exact) mass is 936 g/mol. The van der Waals surface area contributed by atoms with Gasteiger partial charge in [0.15, 0.2) is 0 Å². The molecule has 0 atom stereocenters. The zero-order valence-corrected chi connectivity index (χ0v) is 42.4. The van der Waals surface area contributed by atoms with Crippen molar-refractivity contribution < 1.29 is 0 Å². The van der Waals surface area contributed by atoms with Crippen molar-refractivity contribution in [2.24, 2.45) is 0 Å². The first-order chi connectivity index (χ1) is 35.4. The third-order valence-corrected chi connectivity index (χ3v) is 13.6. The van der Waals surface area contributed by atoms with Crippen molar-refractivity contribution in [2.45, 2.75) is 34.6 Å². The van der Waals surface area contributed by atoms with E-state index in [-0.39, 0.29) is 0 Å². The normalized spacial score (nSPS) is 11.5. The standard InChI is InChI=1S/C69H65N3/c1-6-70(7-2)68-17-11-15-57(50-68)23-20-54-27-33-60(34-28-54)63-39-45-66(46-40-63)72(65-43-37-62(38-44-65)59-31-25-53(26-32-59)19-22-56-14-10-13-52(5)49-56)67-47-41-64(42-48-67)61-35-29-55(30-36-61)21-24-58-16-12-18-69(51-58)71(8-3)9-4/h10-51H,6-9H2,1-5H3. The third-order valence-electron chi connectivity index (χ3n) is 13.6. The molecule has 0 aliphatic heterocycles. The number of aryl methyl sites for hydroxylation is 1. The van der Waals surface area contributed by atoms with Crippen LogP contribution in [0.4, 0.5) is 28.4 Å². The lowest BCUT2D eigenvalue weighted by molar-refractivity contribution is 0.866. The van der Waals surface area contributed by atoms with Gasteiger partial charge in [-0.2, -0.15) is 0 Å². The molecule has 0 aliphatic carbocycles. The van der Waals surface area contributed by atoms with Crippen molar-refractivity contribution in [3.8, 4) is 33.4 Å². The molecule has 0 fully saturated rings. The van der Waals surface area contributed by atoms with E-state index in [0.29, 0.717) is 0 Å². The van der Waals surface area contributed by atoms with E-state index in [1.165, 1.54) is 83.7 Å². The van der Waals surface area contributed by atoms with Gasteiger partial charge in [-0.05, 0) is 162 Å². The van der Waals surface area contributed by atoms with Gasteiger partial charge in [0.2, 0.25) is 0 Å². The van der Waals surface area contributed by atoms with E-state index in [1.54, 1.807) is 0 Å². The quantitative estimate of drug-likeness (QED) is 0.0794. The highest BCUT2D eigenvalue weighted by atomic mass is 15.1. The van der Waals surface area contributed by atoms with E-state index in [2.05, 4.69) is 304 Å². The summed E-state index contributed by atoms with van der Waals surface area (Å²) in [4.78, 5) is 7.11. The van der Waals surface area contributed by atoms with Gasteiger partial charge in [0.25, 0.3) is 0 Å². The largest absolute Gasteiger partial charge is 0.372 e. The van der Waals surface area contributed by atoms with Crippen LogP contribution in [0.5, 0.6) is 0 Å². The zero-order valence-electron chi connectivity index (χ0n) is 42.4. The molecule has 0 radical (unpaired) electrons. The van der Waals surface area contributed by atoms with Gasteiger partial charge in [0, 0.05) is 54.6 Å². The summed E-state index contributed by atoms with van der Waals surface area (Å²) in [6.07, 6.45) is 13.2. The Kier molecular flexibility index (Phi) is 15.8. The van der Waals surface area contributed by atoms with Crippen LogP contribution < -0.4 is 14.7 Å². The lowest BCUT2D eigenvalue weighted by Crippen LogP contribution is -2.21. The minimum absolute atomic E-state index is 0.998. The number of hydrogen-bond acceptors (Lipinski definition) is 3. The maximum absolute atomic E-state index is 2.38. The first-order valence-electron chi connectivity index (χ1n) is 25.6. The van der Waals surface area contributed by atoms with Crippen molar-refractivity contribution >= 4 is 64.9 Å². The second-order valence-corrected chi connectivity index (χ2v) is 18.3. The molecule has 0 aromatic heterocycles. The predicted octanol–water partition coefficient (Wildman–Crippen LogP) is 18.7. The van der Waals surface area contributed by atoms with Crippen LogP contribution in [0.1, 0.15) is 66.6 Å². The topological polar surface area (TPSA) is 9.72 Å². The molecule has 9 aromatic rings. The Morgan fingerprint density at radius 1 is 0.264 bits per heavy atom. The Morgan fingerprint density at radius 3 is 0.819 bits per heavy atom. The van der Waals surface area contributed by atoms with Crippen molar-refractivity contribution in [3.05, 3.63) is 257 Å². The van der Waals surface area contributed by atoms with Crippen molar-refractivity contribution in [2.75, 3.05) is 40.9 Å². The molecule has 0 aliphatic rings. The molecule has 0 amide bonds. The van der Waals surface area contributed by atoms with Gasteiger partial charge in [-0.1, -0.05) is 200 Å². The summed E-state index contributed by atoms with van der Waals surface area (Å²) in [5.41, 5.74) is 21.3. The minimum Gasteiger partial charge on any atom is -0.372 e. The van der Waals surface area contributed by atoms with E-state index < -0.39 is 0 Å². The van der Waals surface area contributed by atoms with Crippen LogP contribution in [0.2, 0.25) is 0 Å². The van der Waals surface area contributed by atoms with E-state index in [1.807, 2.05) is 0 Å². The van der Waals surface area contributed by atoms with Crippen molar-refractivity contribution in [1.82, 2.24) is 0 Å². The van der Waals surface area contributed by atoms with E-state index >= 15 is 0 Å². The molecule has 0 N–H and O–H groups in total. The van der Waals surface area contributed by atoms with Gasteiger partial charge in [-0.25, -0.2) is 0 Å². The van der Waals surface area contributed by atoms with Gasteiger partial charge in [0.05, 0.1) is 0 Å². The van der Waals surface area contributed by atoms with E-state index in [4.69, 9.17) is 0 Å². The SMILES string of the molecule is CCN(CC)c1cccc(C=Cc2ccc(-c3ccc(N(c4ccc(-c5ccc(C=Cc6cccc(C)c6)cc5)cc4)c4ccc(-c5ccc(C=Cc6cccc(N(CC)CC)c6)cc5)cc4)cc3)cc2)c1. The maximum atomic E-state index is 2.38. The van der Waals surface area contributed by atoms with Gasteiger partial charge < -0.3 is 14.7 Å². The van der Waals surface area contributed by atoms with Crippen LogP contribution in [0, 0.1) is 6.92 Å². The number of benzene rings is 9. The number of anilines is 5. The Balaban J connectivity index is 0.947. The number of nitrogens with zero attached hydrogens (tertiary/aromatic N) is 3. The summed E-state index contributed by atoms with van der Waals surface area (Å²) in [6, 6.07) is 79.5. The van der Waals surface area contributed by atoms with E-state index in [9.17, 15) is 0 Å². The lowest BCUT2D eigenvalue weighted by atomic mass is 10.0. The highest BCUT2D eigenvalue weighted by Gasteiger charge is 2.14. The fourth-order valence-corrected chi connectivity index (χ4v) is 9.40. The molecule has 0 saturated heterocycles. The first kappa shape index (κ1) is 48.6. The molecule has 0 spiro atoms. The van der Waals surface area contributed by atoms with Gasteiger partial charge in [0.1, 0.15) is 0 Å². The number of hydrogen-bond donors (Lipinski definition) is 0. The fraction of sp³-hybridized carbons (Fsp3) is 0.130. The Hall–Kier alpha value is -8.40. The minimum atomic E-state index is 0.998. The van der Waals surface area contributed by atoms with Crippen LogP contribution in [0.3, 0.4) is 0 Å². The maximum Gasteiger partial charge on any atom is 0.0462 e. The molecule has 0 unspecified atom stereocenters. The van der Waals surface area contributed by atoms with Crippen molar-refractivity contribution in [1.29, 1.82) is 0 Å². The Labute approximate surface area is 429 Å². The molecule has 9 aromatic carbocycles. The predicted molar refractivity (Wildman–Crippen MR) is 315 cm³/mol. The molecule has 0 bridgehead atoms. The van der Waals surface area contributed by atoms with Crippen LogP contribution >= 0.6 is 0 Å². The zero-order chi connectivity index (χ0) is 49.7. The molecule has 356 valence electrons. The van der Waals surface area contributed by atoms with Gasteiger partial charge >= 0.3 is 0 Å². The van der Waals surface area contributed by atoms with Crippen molar-refractivity contribution in [3.63, 3.8) is 0 Å². The summed E-state index contributed by atoms with van der Waals surface area (Å²) in [6.45, 7) is 14.9. The van der Waals surface area contributed by atoms with Crippen LogP contribution in [0.15, 0.2) is 218 Å². The van der Waals surface area contributed by atoms with Crippen LogP contribution in [0.25, 0.3) is 69.8 Å². The average Bonchev–Trinajstić information content (AvgIpc) is 3.43. The third kappa shape index (κ3) is 12.1. The second-order valence-electron chi connectivity index (χ2n) is 18.3. The second kappa shape index (κ2) is 23.5. The average molecular weight is 936 g/mol. The van der Waals surface area contributed by atoms with Gasteiger partial charge in [-0.15, -0.1) is 0 Å².